The summed E-state index contributed by atoms with van der Waals surface area (Å²) in [5.74, 6) is -0.996. The van der Waals surface area contributed by atoms with Crippen LogP contribution in [0.4, 0.5) is 4.79 Å². The van der Waals surface area contributed by atoms with Crippen molar-refractivity contribution in [3.05, 3.63) is 0 Å². The Hall–Kier alpha value is -1.79. The van der Waals surface area contributed by atoms with E-state index < -0.39 is 12.0 Å². The highest BCUT2D eigenvalue weighted by molar-refractivity contribution is 5.81. The predicted molar refractivity (Wildman–Crippen MR) is 73.3 cm³/mol. The molecular formula is C13H23N3O4. The number of urea groups is 1. The molecule has 7 nitrogen and oxygen atoms in total. The van der Waals surface area contributed by atoms with Gasteiger partial charge in [-0.3, -0.25) is 9.59 Å². The fourth-order valence-corrected chi connectivity index (χ4v) is 2.20. The fourth-order valence-electron chi connectivity index (χ4n) is 2.20. The molecule has 7 heteroatoms. The Labute approximate surface area is 118 Å². The van der Waals surface area contributed by atoms with Gasteiger partial charge in [0, 0.05) is 32.6 Å². The zero-order valence-electron chi connectivity index (χ0n) is 11.9. The summed E-state index contributed by atoms with van der Waals surface area (Å²) in [5, 5.41) is 11.3. The number of carbonyl (C=O) groups is 3. The minimum atomic E-state index is -1.04. The van der Waals surface area contributed by atoms with E-state index in [-0.39, 0.29) is 25.4 Å². The molecule has 1 saturated heterocycles. The first kappa shape index (κ1) is 16.3. The minimum Gasteiger partial charge on any atom is -0.480 e. The summed E-state index contributed by atoms with van der Waals surface area (Å²) in [7, 11) is 0. The number of carbonyl (C=O) groups excluding carboxylic acids is 2. The van der Waals surface area contributed by atoms with Crippen LogP contribution in [0.1, 0.15) is 32.6 Å². The zero-order valence-corrected chi connectivity index (χ0v) is 11.9. The van der Waals surface area contributed by atoms with E-state index in [0.717, 1.165) is 25.9 Å². The van der Waals surface area contributed by atoms with E-state index in [4.69, 9.17) is 5.11 Å². The van der Waals surface area contributed by atoms with E-state index in [1.165, 1.54) is 4.90 Å². The lowest BCUT2D eigenvalue weighted by molar-refractivity contribution is -0.137. The average Bonchev–Trinajstić information content (AvgIpc) is 2.91. The van der Waals surface area contributed by atoms with Crippen molar-refractivity contribution in [2.75, 3.05) is 32.7 Å². The van der Waals surface area contributed by atoms with Crippen LogP contribution in [0.2, 0.25) is 0 Å². The third kappa shape index (κ3) is 5.46. The van der Waals surface area contributed by atoms with Crippen molar-refractivity contribution in [2.24, 2.45) is 0 Å². The number of nitrogens with zero attached hydrogens (tertiary/aromatic N) is 2. The van der Waals surface area contributed by atoms with E-state index in [1.807, 2.05) is 6.92 Å². The largest absolute Gasteiger partial charge is 0.480 e. The molecule has 0 atom stereocenters. The highest BCUT2D eigenvalue weighted by Crippen LogP contribution is 2.08. The molecule has 0 radical (unpaired) electrons. The van der Waals surface area contributed by atoms with Crippen molar-refractivity contribution in [1.82, 2.24) is 15.1 Å². The SMILES string of the molecule is CCCN(CC(=O)O)C(=O)NCCC(=O)N1CCCC1. The molecule has 3 amide bonds. The number of rotatable bonds is 7. The van der Waals surface area contributed by atoms with Crippen LogP contribution in [0.25, 0.3) is 0 Å². The molecule has 2 N–H and O–H groups in total. The summed E-state index contributed by atoms with van der Waals surface area (Å²) in [4.78, 5) is 37.3. The van der Waals surface area contributed by atoms with Gasteiger partial charge >= 0.3 is 12.0 Å². The summed E-state index contributed by atoms with van der Waals surface area (Å²) in [6.07, 6.45) is 3.04. The molecule has 0 aromatic heterocycles. The van der Waals surface area contributed by atoms with Crippen molar-refractivity contribution < 1.29 is 19.5 Å². The number of hydrogen-bond donors (Lipinski definition) is 2. The van der Waals surface area contributed by atoms with Crippen LogP contribution in [-0.4, -0.2) is 65.5 Å². The molecule has 20 heavy (non-hydrogen) atoms. The summed E-state index contributed by atoms with van der Waals surface area (Å²) >= 11 is 0. The van der Waals surface area contributed by atoms with Gasteiger partial charge in [-0.1, -0.05) is 6.92 Å². The van der Waals surface area contributed by atoms with E-state index in [0.29, 0.717) is 13.0 Å². The lowest BCUT2D eigenvalue weighted by atomic mass is 10.3. The zero-order chi connectivity index (χ0) is 15.0. The second-order valence-electron chi connectivity index (χ2n) is 4.89. The molecule has 0 unspecified atom stereocenters. The van der Waals surface area contributed by atoms with E-state index in [1.54, 1.807) is 4.90 Å². The van der Waals surface area contributed by atoms with Crippen LogP contribution in [0.3, 0.4) is 0 Å². The van der Waals surface area contributed by atoms with Crippen LogP contribution >= 0.6 is 0 Å². The summed E-state index contributed by atoms with van der Waals surface area (Å²) in [6, 6.07) is -0.427. The van der Waals surface area contributed by atoms with Crippen molar-refractivity contribution >= 4 is 17.9 Å². The van der Waals surface area contributed by atoms with Gasteiger partial charge in [0.25, 0.3) is 0 Å². The summed E-state index contributed by atoms with van der Waals surface area (Å²) in [6.45, 7) is 3.78. The van der Waals surface area contributed by atoms with Crippen LogP contribution in [0.15, 0.2) is 0 Å². The highest BCUT2D eigenvalue weighted by Gasteiger charge is 2.19. The third-order valence-electron chi connectivity index (χ3n) is 3.18. The van der Waals surface area contributed by atoms with Gasteiger partial charge in [0.15, 0.2) is 0 Å². The first-order valence-corrected chi connectivity index (χ1v) is 7.07. The molecule has 0 aromatic rings. The molecule has 0 bridgehead atoms. The second kappa shape index (κ2) is 8.39. The van der Waals surface area contributed by atoms with Crippen molar-refractivity contribution in [1.29, 1.82) is 0 Å². The number of carboxylic acid groups (broad SMARTS) is 1. The number of hydrogen-bond acceptors (Lipinski definition) is 3. The van der Waals surface area contributed by atoms with E-state index in [9.17, 15) is 14.4 Å². The van der Waals surface area contributed by atoms with Crippen LogP contribution < -0.4 is 5.32 Å². The van der Waals surface area contributed by atoms with E-state index in [2.05, 4.69) is 5.32 Å². The van der Waals surface area contributed by atoms with Crippen LogP contribution in [-0.2, 0) is 9.59 Å². The van der Waals surface area contributed by atoms with Crippen molar-refractivity contribution in [3.63, 3.8) is 0 Å². The molecule has 1 aliphatic heterocycles. The van der Waals surface area contributed by atoms with E-state index >= 15 is 0 Å². The Bertz CT molecular complexity index is 354. The Morgan fingerprint density at radius 1 is 1.25 bits per heavy atom. The van der Waals surface area contributed by atoms with Gasteiger partial charge < -0.3 is 20.2 Å². The molecular weight excluding hydrogens is 262 g/mol. The number of aliphatic carboxylic acids is 1. The lowest BCUT2D eigenvalue weighted by Gasteiger charge is -2.21. The smallest absolute Gasteiger partial charge is 0.323 e. The van der Waals surface area contributed by atoms with Gasteiger partial charge in [-0.05, 0) is 19.3 Å². The predicted octanol–water partition coefficient (Wildman–Crippen LogP) is 0.505. The first-order valence-electron chi connectivity index (χ1n) is 7.07. The standard InChI is InChI=1S/C13H23N3O4/c1-2-7-16(10-12(18)19)13(20)14-6-5-11(17)15-8-3-4-9-15/h2-10H2,1H3,(H,14,20)(H,18,19). The molecule has 114 valence electrons. The lowest BCUT2D eigenvalue weighted by Crippen LogP contribution is -2.44. The molecule has 1 heterocycles. The third-order valence-corrected chi connectivity index (χ3v) is 3.18. The average molecular weight is 285 g/mol. The van der Waals surface area contributed by atoms with Gasteiger partial charge in [0.1, 0.15) is 6.54 Å². The molecule has 0 aliphatic carbocycles. The van der Waals surface area contributed by atoms with Gasteiger partial charge in [-0.15, -0.1) is 0 Å². The summed E-state index contributed by atoms with van der Waals surface area (Å²) in [5.41, 5.74) is 0. The van der Waals surface area contributed by atoms with Gasteiger partial charge in [0.05, 0.1) is 0 Å². The number of amides is 3. The quantitative estimate of drug-likeness (QED) is 0.713. The molecule has 1 fully saturated rings. The normalized spacial score (nSPS) is 14.2. The maximum atomic E-state index is 11.8. The summed E-state index contributed by atoms with van der Waals surface area (Å²) < 4.78 is 0. The Kier molecular flexibility index (Phi) is 6.83. The Morgan fingerprint density at radius 3 is 2.45 bits per heavy atom. The van der Waals surface area contributed by atoms with Crippen molar-refractivity contribution in [2.45, 2.75) is 32.6 Å². The Balaban J connectivity index is 2.29. The minimum absolute atomic E-state index is 0.0445. The topological polar surface area (TPSA) is 90.0 Å². The molecule has 0 saturated carbocycles. The van der Waals surface area contributed by atoms with Gasteiger partial charge in [-0.25, -0.2) is 4.79 Å². The molecule has 1 rings (SSSR count). The number of nitrogens with one attached hydrogen (secondary N) is 1. The van der Waals surface area contributed by atoms with Gasteiger partial charge in [-0.2, -0.15) is 0 Å². The van der Waals surface area contributed by atoms with Crippen LogP contribution in [0.5, 0.6) is 0 Å². The monoisotopic (exact) mass is 285 g/mol. The first-order chi connectivity index (χ1) is 9.54. The fraction of sp³-hybridized carbons (Fsp3) is 0.769. The maximum absolute atomic E-state index is 11.8. The van der Waals surface area contributed by atoms with Crippen LogP contribution in [0, 0.1) is 0 Å². The number of carboxylic acids is 1. The molecule has 1 aliphatic rings. The van der Waals surface area contributed by atoms with Gasteiger partial charge in [0.2, 0.25) is 5.91 Å². The molecule has 0 spiro atoms. The maximum Gasteiger partial charge on any atom is 0.323 e. The Morgan fingerprint density at radius 2 is 1.90 bits per heavy atom. The molecule has 0 aromatic carbocycles. The number of likely N-dealkylation sites (tertiary alicyclic amines) is 1. The van der Waals surface area contributed by atoms with Crippen molar-refractivity contribution in [3.8, 4) is 0 Å². The second-order valence-corrected chi connectivity index (χ2v) is 4.89. The highest BCUT2D eigenvalue weighted by atomic mass is 16.4.